The monoisotopic (exact) mass is 432 g/mol. The summed E-state index contributed by atoms with van der Waals surface area (Å²) in [6.07, 6.45) is 7.04. The summed E-state index contributed by atoms with van der Waals surface area (Å²) in [5.41, 5.74) is 5.61. The molecule has 0 radical (unpaired) electrons. The minimum atomic E-state index is 0.268. The highest BCUT2D eigenvalue weighted by atomic mass is 16.3. The number of phenolic OH excluding ortho intramolecular Hbond substituents is 3. The standard InChI is InChI=1S/C15H14O2.C13H18O2/c1-11(13-4-8-15(17)9-5-13)10-12-2-6-14(16)7-3-12;1-11(4-2-3-9-14)10-12-5-7-13(15)8-6-12/h2-10,16-17H,1H3;5-8,10,14-15H,2-4,9H2,1H3/b2*11-10-. The van der Waals surface area contributed by atoms with E-state index < -0.39 is 0 Å². The van der Waals surface area contributed by atoms with Gasteiger partial charge < -0.3 is 20.4 Å². The molecule has 0 saturated carbocycles. The van der Waals surface area contributed by atoms with E-state index in [1.807, 2.05) is 49.4 Å². The smallest absolute Gasteiger partial charge is 0.115 e. The van der Waals surface area contributed by atoms with Crippen LogP contribution in [-0.2, 0) is 0 Å². The minimum absolute atomic E-state index is 0.268. The van der Waals surface area contributed by atoms with Crippen LogP contribution in [-0.4, -0.2) is 27.0 Å². The van der Waals surface area contributed by atoms with Gasteiger partial charge in [0.15, 0.2) is 0 Å². The van der Waals surface area contributed by atoms with Gasteiger partial charge in [-0.15, -0.1) is 0 Å². The Morgan fingerprint density at radius 3 is 1.53 bits per heavy atom. The molecule has 0 saturated heterocycles. The fourth-order valence-electron chi connectivity index (χ4n) is 3.07. The third kappa shape index (κ3) is 9.11. The van der Waals surface area contributed by atoms with Gasteiger partial charge in [-0.2, -0.15) is 0 Å². The van der Waals surface area contributed by atoms with Gasteiger partial charge in [0.1, 0.15) is 17.2 Å². The van der Waals surface area contributed by atoms with Crippen molar-refractivity contribution in [2.45, 2.75) is 33.1 Å². The number of aliphatic hydroxyl groups excluding tert-OH is 1. The lowest BCUT2D eigenvalue weighted by Gasteiger charge is -2.02. The third-order valence-corrected chi connectivity index (χ3v) is 4.88. The van der Waals surface area contributed by atoms with Gasteiger partial charge in [0.05, 0.1) is 0 Å². The zero-order valence-corrected chi connectivity index (χ0v) is 18.7. The fraction of sp³-hybridized carbons (Fsp3) is 0.214. The van der Waals surface area contributed by atoms with E-state index in [9.17, 15) is 10.2 Å². The van der Waals surface area contributed by atoms with E-state index in [1.165, 1.54) is 5.57 Å². The maximum Gasteiger partial charge on any atom is 0.115 e. The molecule has 3 aromatic carbocycles. The minimum Gasteiger partial charge on any atom is -0.508 e. The molecule has 32 heavy (non-hydrogen) atoms. The highest BCUT2D eigenvalue weighted by Gasteiger charge is 1.97. The van der Waals surface area contributed by atoms with Crippen LogP contribution in [0.5, 0.6) is 17.2 Å². The van der Waals surface area contributed by atoms with Gasteiger partial charge in [0, 0.05) is 6.61 Å². The Labute approximate surface area is 190 Å². The maximum absolute atomic E-state index is 9.21. The van der Waals surface area contributed by atoms with Crippen LogP contribution in [0.1, 0.15) is 49.8 Å². The largest absolute Gasteiger partial charge is 0.508 e. The Bertz CT molecular complexity index is 999. The van der Waals surface area contributed by atoms with Crippen LogP contribution in [0.2, 0.25) is 0 Å². The predicted molar refractivity (Wildman–Crippen MR) is 132 cm³/mol. The summed E-state index contributed by atoms with van der Waals surface area (Å²) < 4.78 is 0. The molecule has 0 fully saturated rings. The second-order valence-corrected chi connectivity index (χ2v) is 7.73. The molecular weight excluding hydrogens is 400 g/mol. The lowest BCUT2D eigenvalue weighted by Crippen LogP contribution is -1.84. The highest BCUT2D eigenvalue weighted by Crippen LogP contribution is 2.21. The topological polar surface area (TPSA) is 80.9 Å². The summed E-state index contributed by atoms with van der Waals surface area (Å²) >= 11 is 0. The SMILES string of the molecule is C/C(=C/c1ccc(O)cc1)CCCCO.C/C(=C/c1ccc(O)cc1)c1ccc(O)cc1. The average Bonchev–Trinajstić information content (AvgIpc) is 2.78. The lowest BCUT2D eigenvalue weighted by atomic mass is 10.0. The molecule has 0 aliphatic heterocycles. The highest BCUT2D eigenvalue weighted by molar-refractivity contribution is 5.80. The first-order valence-electron chi connectivity index (χ1n) is 10.7. The summed E-state index contributed by atoms with van der Waals surface area (Å²) in [7, 11) is 0. The number of hydrogen-bond donors (Lipinski definition) is 4. The Kier molecular flexibility index (Phi) is 10.1. The molecule has 168 valence electrons. The van der Waals surface area contributed by atoms with Gasteiger partial charge in [-0.05, 0) is 91.8 Å². The molecule has 0 amide bonds. The average molecular weight is 433 g/mol. The van der Waals surface area contributed by atoms with E-state index in [1.54, 1.807) is 36.4 Å². The molecule has 0 spiro atoms. The zero-order chi connectivity index (χ0) is 23.3. The number of unbranched alkanes of at least 4 members (excludes halogenated alkanes) is 1. The van der Waals surface area contributed by atoms with Crippen molar-refractivity contribution >= 4 is 17.7 Å². The van der Waals surface area contributed by atoms with Gasteiger partial charge in [-0.3, -0.25) is 0 Å². The Morgan fingerprint density at radius 2 is 1.06 bits per heavy atom. The number of rotatable bonds is 7. The molecule has 3 aromatic rings. The van der Waals surface area contributed by atoms with E-state index >= 15 is 0 Å². The predicted octanol–water partition coefficient (Wildman–Crippen LogP) is 6.62. The first-order chi connectivity index (χ1) is 15.4. The molecule has 0 aliphatic carbocycles. The summed E-state index contributed by atoms with van der Waals surface area (Å²) in [6, 6.07) is 21.3. The van der Waals surface area contributed by atoms with Crippen molar-refractivity contribution in [1.82, 2.24) is 0 Å². The zero-order valence-electron chi connectivity index (χ0n) is 18.7. The van der Waals surface area contributed by atoms with Crippen molar-refractivity contribution < 1.29 is 20.4 Å². The molecule has 0 aromatic heterocycles. The van der Waals surface area contributed by atoms with Crippen molar-refractivity contribution in [1.29, 1.82) is 0 Å². The first-order valence-corrected chi connectivity index (χ1v) is 10.7. The van der Waals surface area contributed by atoms with E-state index in [4.69, 9.17) is 10.2 Å². The van der Waals surface area contributed by atoms with Crippen LogP contribution in [0.15, 0.2) is 78.4 Å². The van der Waals surface area contributed by atoms with E-state index in [0.29, 0.717) is 5.75 Å². The van der Waals surface area contributed by atoms with Crippen molar-refractivity contribution in [3.63, 3.8) is 0 Å². The van der Waals surface area contributed by atoms with E-state index in [2.05, 4.69) is 13.0 Å². The van der Waals surface area contributed by atoms with E-state index in [-0.39, 0.29) is 18.1 Å². The quantitative estimate of drug-likeness (QED) is 0.250. The van der Waals surface area contributed by atoms with Gasteiger partial charge in [0.25, 0.3) is 0 Å². The molecule has 0 bridgehead atoms. The Hall–Kier alpha value is -3.50. The first kappa shape index (κ1) is 24.8. The van der Waals surface area contributed by atoms with Crippen LogP contribution in [0.3, 0.4) is 0 Å². The van der Waals surface area contributed by atoms with Crippen molar-refractivity contribution in [3.05, 3.63) is 95.1 Å². The molecule has 0 heterocycles. The molecule has 4 N–H and O–H groups in total. The molecule has 4 nitrogen and oxygen atoms in total. The molecule has 4 heteroatoms. The van der Waals surface area contributed by atoms with Crippen LogP contribution >= 0.6 is 0 Å². The van der Waals surface area contributed by atoms with Crippen molar-refractivity contribution in [3.8, 4) is 17.2 Å². The molecular formula is C28H32O4. The summed E-state index contributed by atoms with van der Waals surface area (Å²) in [4.78, 5) is 0. The normalized spacial score (nSPS) is 11.6. The number of benzene rings is 3. The number of aliphatic hydroxyl groups is 1. The van der Waals surface area contributed by atoms with Gasteiger partial charge >= 0.3 is 0 Å². The second-order valence-electron chi connectivity index (χ2n) is 7.73. The van der Waals surface area contributed by atoms with Crippen molar-refractivity contribution in [2.24, 2.45) is 0 Å². The van der Waals surface area contributed by atoms with Crippen LogP contribution in [0.4, 0.5) is 0 Å². The molecule has 0 atom stereocenters. The summed E-state index contributed by atoms with van der Waals surface area (Å²) in [6.45, 7) is 4.37. The summed E-state index contributed by atoms with van der Waals surface area (Å²) in [5, 5.41) is 36.2. The third-order valence-electron chi connectivity index (χ3n) is 4.88. The maximum atomic E-state index is 9.21. The Morgan fingerprint density at radius 1 is 0.625 bits per heavy atom. The summed E-state index contributed by atoms with van der Waals surface area (Å²) in [5.74, 6) is 0.834. The van der Waals surface area contributed by atoms with Crippen molar-refractivity contribution in [2.75, 3.05) is 6.61 Å². The van der Waals surface area contributed by atoms with Gasteiger partial charge in [-0.1, -0.05) is 54.1 Å². The molecule has 0 aliphatic rings. The van der Waals surface area contributed by atoms with E-state index in [0.717, 1.165) is 41.5 Å². The Balaban J connectivity index is 0.000000229. The fourth-order valence-corrected chi connectivity index (χ4v) is 3.07. The van der Waals surface area contributed by atoms with Gasteiger partial charge in [0.2, 0.25) is 0 Å². The number of allylic oxidation sites excluding steroid dienone is 2. The molecule has 0 unspecified atom stereocenters. The number of hydrogen-bond acceptors (Lipinski definition) is 4. The van der Waals surface area contributed by atoms with Crippen LogP contribution < -0.4 is 0 Å². The van der Waals surface area contributed by atoms with Crippen LogP contribution in [0.25, 0.3) is 17.7 Å². The van der Waals surface area contributed by atoms with Crippen LogP contribution in [0, 0.1) is 0 Å². The molecule has 3 rings (SSSR count). The van der Waals surface area contributed by atoms with Gasteiger partial charge in [-0.25, -0.2) is 0 Å². The number of phenols is 3. The number of aromatic hydroxyl groups is 3. The second kappa shape index (κ2) is 13.0. The lowest BCUT2D eigenvalue weighted by molar-refractivity contribution is 0.284.